The van der Waals surface area contributed by atoms with Crippen molar-refractivity contribution in [3.63, 3.8) is 0 Å². The standard InChI is InChI=1S/C14H18N4O3/c1-11(10-15)16-6-8-17(9-7-16)12-4-3-5-13(21-2)14(12)18(19)20/h3-5,11H,6-9H2,1-2H3. The zero-order chi connectivity index (χ0) is 15.4. The third-order valence-electron chi connectivity index (χ3n) is 3.77. The van der Waals surface area contributed by atoms with E-state index >= 15 is 0 Å². The lowest BCUT2D eigenvalue weighted by molar-refractivity contribution is -0.385. The van der Waals surface area contributed by atoms with Gasteiger partial charge < -0.3 is 9.64 Å². The van der Waals surface area contributed by atoms with Crippen LogP contribution < -0.4 is 9.64 Å². The van der Waals surface area contributed by atoms with Crippen LogP contribution in [0.25, 0.3) is 0 Å². The van der Waals surface area contributed by atoms with Gasteiger partial charge in [0.05, 0.1) is 24.1 Å². The largest absolute Gasteiger partial charge is 0.490 e. The number of nitrogens with zero attached hydrogens (tertiary/aromatic N) is 4. The minimum atomic E-state index is -0.404. The molecule has 1 fully saturated rings. The van der Waals surface area contributed by atoms with Crippen molar-refractivity contribution >= 4 is 11.4 Å². The number of hydrogen-bond acceptors (Lipinski definition) is 6. The van der Waals surface area contributed by atoms with Crippen LogP contribution in [-0.2, 0) is 0 Å². The van der Waals surface area contributed by atoms with Crippen molar-refractivity contribution in [2.45, 2.75) is 13.0 Å². The van der Waals surface area contributed by atoms with Crippen molar-refractivity contribution in [1.82, 2.24) is 4.90 Å². The first kappa shape index (κ1) is 15.1. The fourth-order valence-corrected chi connectivity index (χ4v) is 2.55. The van der Waals surface area contributed by atoms with Gasteiger partial charge in [0.25, 0.3) is 0 Å². The van der Waals surface area contributed by atoms with Gasteiger partial charge in [0.1, 0.15) is 5.69 Å². The van der Waals surface area contributed by atoms with Gasteiger partial charge in [-0.1, -0.05) is 6.07 Å². The number of benzene rings is 1. The third-order valence-corrected chi connectivity index (χ3v) is 3.77. The Morgan fingerprint density at radius 2 is 2.05 bits per heavy atom. The normalized spacial score (nSPS) is 17.1. The first-order chi connectivity index (χ1) is 10.1. The van der Waals surface area contributed by atoms with E-state index < -0.39 is 4.92 Å². The van der Waals surface area contributed by atoms with E-state index in [0.717, 1.165) is 0 Å². The summed E-state index contributed by atoms with van der Waals surface area (Å²) >= 11 is 0. The van der Waals surface area contributed by atoms with Crippen LogP contribution in [0.1, 0.15) is 6.92 Å². The first-order valence-electron chi connectivity index (χ1n) is 6.78. The van der Waals surface area contributed by atoms with Gasteiger partial charge in [-0.3, -0.25) is 15.0 Å². The zero-order valence-electron chi connectivity index (χ0n) is 12.2. The molecule has 1 aromatic carbocycles. The fraction of sp³-hybridized carbons (Fsp3) is 0.500. The summed E-state index contributed by atoms with van der Waals surface area (Å²) in [5.74, 6) is 0.269. The van der Waals surface area contributed by atoms with Crippen molar-refractivity contribution in [2.24, 2.45) is 0 Å². The molecule has 7 nitrogen and oxygen atoms in total. The fourth-order valence-electron chi connectivity index (χ4n) is 2.55. The second-order valence-electron chi connectivity index (χ2n) is 4.91. The van der Waals surface area contributed by atoms with Gasteiger partial charge in [-0.05, 0) is 19.1 Å². The minimum Gasteiger partial charge on any atom is -0.490 e. The van der Waals surface area contributed by atoms with E-state index in [4.69, 9.17) is 10.00 Å². The summed E-state index contributed by atoms with van der Waals surface area (Å²) in [6.07, 6.45) is 0. The maximum atomic E-state index is 11.3. The molecular weight excluding hydrogens is 272 g/mol. The predicted molar refractivity (Wildman–Crippen MR) is 78.5 cm³/mol. The molecule has 7 heteroatoms. The van der Waals surface area contributed by atoms with Gasteiger partial charge in [0, 0.05) is 26.2 Å². The van der Waals surface area contributed by atoms with Crippen LogP contribution in [0.4, 0.5) is 11.4 Å². The summed E-state index contributed by atoms with van der Waals surface area (Å²) in [5, 5.41) is 20.3. The molecule has 1 aromatic rings. The summed E-state index contributed by atoms with van der Waals surface area (Å²) < 4.78 is 5.09. The van der Waals surface area contributed by atoms with Gasteiger partial charge in [-0.25, -0.2) is 0 Å². The SMILES string of the molecule is COc1cccc(N2CCN(C(C)C#N)CC2)c1[N+](=O)[O-]. The van der Waals surface area contributed by atoms with E-state index in [1.807, 2.05) is 11.8 Å². The molecule has 0 aromatic heterocycles. The number of nitro groups is 1. The molecule has 0 saturated carbocycles. The number of hydrogen-bond donors (Lipinski definition) is 0. The summed E-state index contributed by atoms with van der Waals surface area (Å²) in [6, 6.07) is 7.17. The van der Waals surface area contributed by atoms with E-state index in [0.29, 0.717) is 31.9 Å². The second-order valence-corrected chi connectivity index (χ2v) is 4.91. The van der Waals surface area contributed by atoms with Gasteiger partial charge in [-0.2, -0.15) is 5.26 Å². The topological polar surface area (TPSA) is 82.6 Å². The molecule has 112 valence electrons. The van der Waals surface area contributed by atoms with E-state index in [2.05, 4.69) is 11.0 Å². The Morgan fingerprint density at radius 1 is 1.38 bits per heavy atom. The molecule has 1 atom stereocenters. The van der Waals surface area contributed by atoms with Crippen molar-refractivity contribution in [3.8, 4) is 11.8 Å². The molecule has 1 unspecified atom stereocenters. The third kappa shape index (κ3) is 3.06. The molecule has 0 radical (unpaired) electrons. The quantitative estimate of drug-likeness (QED) is 0.619. The molecule has 1 aliphatic rings. The highest BCUT2D eigenvalue weighted by atomic mass is 16.6. The summed E-state index contributed by atoms with van der Waals surface area (Å²) in [4.78, 5) is 14.9. The number of rotatable bonds is 4. The Labute approximate surface area is 123 Å². The Hall–Kier alpha value is -2.33. The molecular formula is C14H18N4O3. The van der Waals surface area contributed by atoms with Crippen LogP contribution in [-0.4, -0.2) is 49.2 Å². The molecule has 0 spiro atoms. The van der Waals surface area contributed by atoms with Crippen molar-refractivity contribution in [1.29, 1.82) is 5.26 Å². The number of anilines is 1. The Morgan fingerprint density at radius 3 is 2.57 bits per heavy atom. The average molecular weight is 290 g/mol. The lowest BCUT2D eigenvalue weighted by Gasteiger charge is -2.36. The van der Waals surface area contributed by atoms with Gasteiger partial charge in [0.2, 0.25) is 0 Å². The second kappa shape index (κ2) is 6.41. The molecule has 0 bridgehead atoms. The van der Waals surface area contributed by atoms with Crippen LogP contribution in [0.2, 0.25) is 0 Å². The number of para-hydroxylation sites is 1. The maximum Gasteiger partial charge on any atom is 0.333 e. The molecule has 21 heavy (non-hydrogen) atoms. The molecule has 0 amide bonds. The van der Waals surface area contributed by atoms with Crippen LogP contribution in [0.3, 0.4) is 0 Å². The van der Waals surface area contributed by atoms with Gasteiger partial charge in [0.15, 0.2) is 5.75 Å². The first-order valence-corrected chi connectivity index (χ1v) is 6.78. The highest BCUT2D eigenvalue weighted by molar-refractivity contribution is 5.70. The average Bonchev–Trinajstić information content (AvgIpc) is 2.53. The van der Waals surface area contributed by atoms with Crippen molar-refractivity contribution in [2.75, 3.05) is 38.2 Å². The van der Waals surface area contributed by atoms with E-state index in [-0.39, 0.29) is 17.5 Å². The van der Waals surface area contributed by atoms with Crippen molar-refractivity contribution in [3.05, 3.63) is 28.3 Å². The van der Waals surface area contributed by atoms with Crippen LogP contribution in [0.15, 0.2) is 18.2 Å². The lowest BCUT2D eigenvalue weighted by atomic mass is 10.2. The van der Waals surface area contributed by atoms with E-state index in [9.17, 15) is 10.1 Å². The van der Waals surface area contributed by atoms with Crippen LogP contribution in [0.5, 0.6) is 5.75 Å². The zero-order valence-corrected chi connectivity index (χ0v) is 12.2. The van der Waals surface area contributed by atoms with Crippen LogP contribution >= 0.6 is 0 Å². The predicted octanol–water partition coefficient (Wildman–Crippen LogP) is 1.64. The summed E-state index contributed by atoms with van der Waals surface area (Å²) in [7, 11) is 1.43. The summed E-state index contributed by atoms with van der Waals surface area (Å²) in [5.41, 5.74) is 0.574. The van der Waals surface area contributed by atoms with Gasteiger partial charge >= 0.3 is 5.69 Å². The Bertz CT molecular complexity index is 562. The van der Waals surface area contributed by atoms with Crippen molar-refractivity contribution < 1.29 is 9.66 Å². The number of piperazine rings is 1. The molecule has 0 N–H and O–H groups in total. The number of nitriles is 1. The number of ether oxygens (including phenoxy) is 1. The highest BCUT2D eigenvalue weighted by Gasteiger charge is 2.28. The molecule has 1 saturated heterocycles. The smallest absolute Gasteiger partial charge is 0.333 e. The Kier molecular flexibility index (Phi) is 4.60. The maximum absolute atomic E-state index is 11.3. The minimum absolute atomic E-state index is 0.00165. The summed E-state index contributed by atoms with van der Waals surface area (Å²) in [6.45, 7) is 4.59. The molecule has 0 aliphatic carbocycles. The number of nitro benzene ring substituents is 1. The van der Waals surface area contributed by atoms with Gasteiger partial charge in [-0.15, -0.1) is 0 Å². The molecule has 1 aliphatic heterocycles. The Balaban J connectivity index is 2.21. The van der Waals surface area contributed by atoms with Crippen LogP contribution in [0, 0.1) is 21.4 Å². The highest BCUT2D eigenvalue weighted by Crippen LogP contribution is 2.37. The number of methoxy groups -OCH3 is 1. The molecule has 1 heterocycles. The lowest BCUT2D eigenvalue weighted by Crippen LogP contribution is -2.49. The van der Waals surface area contributed by atoms with E-state index in [1.54, 1.807) is 18.2 Å². The monoisotopic (exact) mass is 290 g/mol. The van der Waals surface area contributed by atoms with E-state index in [1.165, 1.54) is 7.11 Å². The molecule has 2 rings (SSSR count).